The third-order valence-electron chi connectivity index (χ3n) is 3.49. The first-order chi connectivity index (χ1) is 11.9. The largest absolute Gasteiger partial charge is 0.485 e. The van der Waals surface area contributed by atoms with Crippen LogP contribution < -0.4 is 14.8 Å². The van der Waals surface area contributed by atoms with E-state index >= 15 is 0 Å². The summed E-state index contributed by atoms with van der Waals surface area (Å²) in [5, 5.41) is 2.52. The maximum atomic E-state index is 12.5. The minimum Gasteiger partial charge on any atom is -0.485 e. The van der Waals surface area contributed by atoms with Gasteiger partial charge in [0.15, 0.2) is 11.5 Å². The van der Waals surface area contributed by atoms with Crippen molar-refractivity contribution in [3.8, 4) is 11.5 Å². The van der Waals surface area contributed by atoms with Crippen LogP contribution in [0.15, 0.2) is 53.4 Å². The van der Waals surface area contributed by atoms with Crippen molar-refractivity contribution in [3.63, 3.8) is 0 Å². The molecule has 2 aromatic carbocycles. The van der Waals surface area contributed by atoms with Crippen LogP contribution in [0, 0.1) is 0 Å². The number of para-hydroxylation sites is 2. The Balaban J connectivity index is 1.68. The number of rotatable bonds is 4. The predicted octanol–water partition coefficient (Wildman–Crippen LogP) is 2.46. The second kappa shape index (κ2) is 6.67. The molecule has 6 nitrogen and oxygen atoms in total. The lowest BCUT2D eigenvalue weighted by atomic mass is 10.2. The monoisotopic (exact) mass is 369 g/mol. The van der Waals surface area contributed by atoms with Crippen molar-refractivity contribution in [2.24, 2.45) is 0 Å². The number of anilines is 1. The molecule has 0 spiro atoms. The van der Waals surface area contributed by atoms with Gasteiger partial charge in [0.05, 0.1) is 4.90 Å². The van der Waals surface area contributed by atoms with Gasteiger partial charge in [-0.1, -0.05) is 12.1 Å². The lowest BCUT2D eigenvalue weighted by Crippen LogP contribution is -2.40. The SMILES string of the molecule is O=C(Nc1ccc(S(=O)(=O)C(F)F)cc1)[C@H]1COc2ccccc2O1. The number of carbonyl (C=O) groups excluding carboxylic acids is 1. The number of sulfone groups is 1. The fourth-order valence-corrected chi connectivity index (χ4v) is 2.92. The van der Waals surface area contributed by atoms with Gasteiger partial charge in [-0.3, -0.25) is 4.79 Å². The van der Waals surface area contributed by atoms with Gasteiger partial charge in [-0.25, -0.2) is 8.42 Å². The summed E-state index contributed by atoms with van der Waals surface area (Å²) in [5.41, 5.74) is 0.251. The number of hydrogen-bond donors (Lipinski definition) is 1. The van der Waals surface area contributed by atoms with Crippen molar-refractivity contribution in [1.82, 2.24) is 0 Å². The quantitative estimate of drug-likeness (QED) is 0.895. The van der Waals surface area contributed by atoms with E-state index in [1.807, 2.05) is 0 Å². The van der Waals surface area contributed by atoms with Gasteiger partial charge in [-0.05, 0) is 36.4 Å². The molecule has 1 N–H and O–H groups in total. The van der Waals surface area contributed by atoms with Gasteiger partial charge in [0.25, 0.3) is 5.91 Å². The summed E-state index contributed by atoms with van der Waals surface area (Å²) in [6.45, 7) is 0.0146. The second-order valence-electron chi connectivity index (χ2n) is 5.18. The molecule has 1 aliphatic rings. The predicted molar refractivity (Wildman–Crippen MR) is 84.6 cm³/mol. The molecule has 0 unspecified atom stereocenters. The molecule has 132 valence electrons. The number of alkyl halides is 2. The van der Waals surface area contributed by atoms with E-state index in [2.05, 4.69) is 5.32 Å². The van der Waals surface area contributed by atoms with Gasteiger partial charge >= 0.3 is 5.76 Å². The molecule has 0 aliphatic carbocycles. The lowest BCUT2D eigenvalue weighted by Gasteiger charge is -2.25. The van der Waals surface area contributed by atoms with Crippen molar-refractivity contribution in [1.29, 1.82) is 0 Å². The molecule has 25 heavy (non-hydrogen) atoms. The zero-order chi connectivity index (χ0) is 18.0. The second-order valence-corrected chi connectivity index (χ2v) is 7.10. The van der Waals surface area contributed by atoms with Gasteiger partial charge in [0.1, 0.15) is 6.61 Å². The molecule has 0 fully saturated rings. The Kier molecular flexibility index (Phi) is 4.58. The molecule has 0 radical (unpaired) electrons. The Bertz CT molecular complexity index is 884. The molecule has 9 heteroatoms. The summed E-state index contributed by atoms with van der Waals surface area (Å²) in [4.78, 5) is 11.7. The molecular formula is C16H13F2NO5S. The zero-order valence-corrected chi connectivity index (χ0v) is 13.5. The first kappa shape index (κ1) is 17.2. The number of benzene rings is 2. The molecule has 0 saturated carbocycles. The Morgan fingerprint density at radius 2 is 1.72 bits per heavy atom. The Hall–Kier alpha value is -2.68. The van der Waals surface area contributed by atoms with Gasteiger partial charge in [-0.2, -0.15) is 8.78 Å². The molecule has 0 saturated heterocycles. The van der Waals surface area contributed by atoms with E-state index in [1.165, 1.54) is 12.1 Å². The standard InChI is InChI=1S/C16H13F2NO5S/c17-16(18)25(21,22)11-7-5-10(6-8-11)19-15(20)14-9-23-12-3-1-2-4-13(12)24-14/h1-8,14,16H,9H2,(H,19,20)/t14-/m1/s1. The van der Waals surface area contributed by atoms with Crippen molar-refractivity contribution in [3.05, 3.63) is 48.5 Å². The first-order valence-corrected chi connectivity index (χ1v) is 8.74. The fraction of sp³-hybridized carbons (Fsp3) is 0.188. The Labute approximate surface area is 142 Å². The van der Waals surface area contributed by atoms with Gasteiger partial charge < -0.3 is 14.8 Å². The molecule has 0 aromatic heterocycles. The van der Waals surface area contributed by atoms with Gasteiger partial charge in [0, 0.05) is 5.69 Å². The van der Waals surface area contributed by atoms with Crippen LogP contribution >= 0.6 is 0 Å². The molecule has 1 amide bonds. The van der Waals surface area contributed by atoms with Crippen LogP contribution in [0.1, 0.15) is 0 Å². The van der Waals surface area contributed by atoms with Gasteiger partial charge in [-0.15, -0.1) is 0 Å². The number of fused-ring (bicyclic) bond motifs is 1. The lowest BCUT2D eigenvalue weighted by molar-refractivity contribution is -0.125. The van der Waals surface area contributed by atoms with Crippen LogP contribution in [0.3, 0.4) is 0 Å². The van der Waals surface area contributed by atoms with Crippen molar-refractivity contribution in [2.45, 2.75) is 16.8 Å². The third kappa shape index (κ3) is 3.55. The maximum Gasteiger partial charge on any atom is 0.341 e. The van der Waals surface area contributed by atoms with Crippen LogP contribution in [0.5, 0.6) is 11.5 Å². The molecule has 2 aromatic rings. The van der Waals surface area contributed by atoms with E-state index in [1.54, 1.807) is 24.3 Å². The van der Waals surface area contributed by atoms with Crippen LogP contribution in [0.4, 0.5) is 14.5 Å². The number of carbonyl (C=O) groups is 1. The molecule has 1 aliphatic heterocycles. The highest BCUT2D eigenvalue weighted by atomic mass is 32.2. The number of nitrogens with one attached hydrogen (secondary N) is 1. The van der Waals surface area contributed by atoms with Crippen LogP contribution in [-0.2, 0) is 14.6 Å². The number of amides is 1. The highest BCUT2D eigenvalue weighted by Gasteiger charge is 2.28. The molecule has 1 heterocycles. The summed E-state index contributed by atoms with van der Waals surface area (Å²) in [6, 6.07) is 11.4. The summed E-state index contributed by atoms with van der Waals surface area (Å²) in [7, 11) is -4.67. The molecule has 1 atom stereocenters. The number of halogens is 2. The summed E-state index contributed by atoms with van der Waals surface area (Å²) in [6.07, 6.45) is -0.889. The molecular weight excluding hydrogens is 356 g/mol. The minimum absolute atomic E-state index is 0.0146. The zero-order valence-electron chi connectivity index (χ0n) is 12.7. The van der Waals surface area contributed by atoms with Crippen molar-refractivity contribution in [2.75, 3.05) is 11.9 Å². The average molecular weight is 369 g/mol. The Morgan fingerprint density at radius 3 is 2.36 bits per heavy atom. The van der Waals surface area contributed by atoms with E-state index in [0.29, 0.717) is 11.5 Å². The first-order valence-electron chi connectivity index (χ1n) is 7.19. The summed E-state index contributed by atoms with van der Waals surface area (Å²) in [5.74, 6) is -3.03. The van der Waals surface area contributed by atoms with Crippen molar-refractivity contribution < 1.29 is 31.5 Å². The summed E-state index contributed by atoms with van der Waals surface area (Å²) < 4.78 is 58.7. The molecule has 0 bridgehead atoms. The maximum absolute atomic E-state index is 12.5. The van der Waals surface area contributed by atoms with Crippen LogP contribution in [0.2, 0.25) is 0 Å². The van der Waals surface area contributed by atoms with E-state index in [0.717, 1.165) is 12.1 Å². The van der Waals surface area contributed by atoms with E-state index in [9.17, 15) is 22.0 Å². The van der Waals surface area contributed by atoms with Gasteiger partial charge in [0.2, 0.25) is 15.9 Å². The van der Waals surface area contributed by atoms with E-state index in [-0.39, 0.29) is 12.3 Å². The van der Waals surface area contributed by atoms with Crippen LogP contribution in [0.25, 0.3) is 0 Å². The normalized spacial score (nSPS) is 16.5. The number of ether oxygens (including phenoxy) is 2. The fourth-order valence-electron chi connectivity index (χ4n) is 2.20. The Morgan fingerprint density at radius 1 is 1.08 bits per heavy atom. The van der Waals surface area contributed by atoms with E-state index in [4.69, 9.17) is 9.47 Å². The van der Waals surface area contributed by atoms with Crippen LogP contribution in [-0.4, -0.2) is 32.8 Å². The highest BCUT2D eigenvalue weighted by molar-refractivity contribution is 7.91. The topological polar surface area (TPSA) is 81.7 Å². The molecule has 3 rings (SSSR count). The number of hydrogen-bond acceptors (Lipinski definition) is 5. The average Bonchev–Trinajstić information content (AvgIpc) is 2.61. The summed E-state index contributed by atoms with van der Waals surface area (Å²) >= 11 is 0. The minimum atomic E-state index is -4.67. The smallest absolute Gasteiger partial charge is 0.341 e. The highest BCUT2D eigenvalue weighted by Crippen LogP contribution is 2.31. The third-order valence-corrected chi connectivity index (χ3v) is 4.88. The van der Waals surface area contributed by atoms with Crippen molar-refractivity contribution >= 4 is 21.4 Å². The van der Waals surface area contributed by atoms with E-state index < -0.39 is 32.5 Å².